The number of rotatable bonds is 4. The maximum absolute atomic E-state index is 11.8. The smallest absolute Gasteiger partial charge is 0.319 e. The fraction of sp³-hybridized carbons (Fsp3) is 0.312. The van der Waals surface area contributed by atoms with Gasteiger partial charge in [0.25, 0.3) is 0 Å². The molecule has 0 radical (unpaired) electrons. The standard InChI is InChI=1S/C16H20N2O3/c1-10-4-6-13(8-11(10)2)18-16(20)17-9-14(19)15-7-5-12(3)21-15/h4-8,14,19H,9H2,1-3H3,(H2,17,18,20)/t14-/m0/s1. The van der Waals surface area contributed by atoms with E-state index in [1.54, 1.807) is 19.1 Å². The molecule has 21 heavy (non-hydrogen) atoms. The molecule has 0 spiro atoms. The minimum atomic E-state index is -0.857. The lowest BCUT2D eigenvalue weighted by atomic mass is 10.1. The van der Waals surface area contributed by atoms with Crippen LogP contribution in [0.3, 0.4) is 0 Å². The summed E-state index contributed by atoms with van der Waals surface area (Å²) in [5, 5.41) is 15.2. The number of aliphatic hydroxyl groups is 1. The van der Waals surface area contributed by atoms with Crippen LogP contribution in [-0.4, -0.2) is 17.7 Å². The Labute approximate surface area is 124 Å². The summed E-state index contributed by atoms with van der Waals surface area (Å²) in [7, 11) is 0. The number of furan rings is 1. The minimum absolute atomic E-state index is 0.0869. The van der Waals surface area contributed by atoms with E-state index in [0.717, 1.165) is 17.0 Å². The Morgan fingerprint density at radius 1 is 1.19 bits per heavy atom. The predicted molar refractivity (Wildman–Crippen MR) is 81.3 cm³/mol. The van der Waals surface area contributed by atoms with Gasteiger partial charge in [0.15, 0.2) is 0 Å². The van der Waals surface area contributed by atoms with Crippen LogP contribution in [0.2, 0.25) is 0 Å². The minimum Gasteiger partial charge on any atom is -0.464 e. The highest BCUT2D eigenvalue weighted by atomic mass is 16.4. The van der Waals surface area contributed by atoms with Gasteiger partial charge in [0.2, 0.25) is 0 Å². The predicted octanol–water partition coefficient (Wildman–Crippen LogP) is 3.06. The van der Waals surface area contributed by atoms with Gasteiger partial charge in [-0.05, 0) is 56.2 Å². The molecule has 0 aliphatic heterocycles. The van der Waals surface area contributed by atoms with Crippen molar-refractivity contribution in [3.63, 3.8) is 0 Å². The van der Waals surface area contributed by atoms with Crippen LogP contribution in [0.15, 0.2) is 34.7 Å². The Morgan fingerprint density at radius 2 is 1.95 bits per heavy atom. The summed E-state index contributed by atoms with van der Waals surface area (Å²) in [5.74, 6) is 1.17. The van der Waals surface area contributed by atoms with Gasteiger partial charge in [-0.25, -0.2) is 4.79 Å². The monoisotopic (exact) mass is 288 g/mol. The van der Waals surface area contributed by atoms with E-state index in [2.05, 4.69) is 10.6 Å². The fourth-order valence-corrected chi connectivity index (χ4v) is 1.92. The summed E-state index contributed by atoms with van der Waals surface area (Å²) in [6.45, 7) is 5.89. The van der Waals surface area contributed by atoms with Gasteiger partial charge in [0, 0.05) is 5.69 Å². The summed E-state index contributed by atoms with van der Waals surface area (Å²) >= 11 is 0. The molecule has 3 N–H and O–H groups in total. The van der Waals surface area contributed by atoms with Gasteiger partial charge in [0.05, 0.1) is 6.54 Å². The molecule has 0 bridgehead atoms. The Hall–Kier alpha value is -2.27. The van der Waals surface area contributed by atoms with Crippen molar-refractivity contribution < 1.29 is 14.3 Å². The molecule has 0 saturated heterocycles. The number of anilines is 1. The van der Waals surface area contributed by atoms with Crippen molar-refractivity contribution in [2.24, 2.45) is 0 Å². The molecule has 2 amide bonds. The molecule has 0 saturated carbocycles. The number of aliphatic hydroxyl groups excluding tert-OH is 1. The van der Waals surface area contributed by atoms with Gasteiger partial charge in [-0.2, -0.15) is 0 Å². The van der Waals surface area contributed by atoms with Gasteiger partial charge < -0.3 is 20.2 Å². The number of benzene rings is 1. The van der Waals surface area contributed by atoms with E-state index in [-0.39, 0.29) is 12.6 Å². The van der Waals surface area contributed by atoms with Crippen molar-refractivity contribution in [3.8, 4) is 0 Å². The Kier molecular flexibility index (Phi) is 4.65. The highest BCUT2D eigenvalue weighted by molar-refractivity contribution is 5.89. The van der Waals surface area contributed by atoms with Crippen LogP contribution < -0.4 is 10.6 Å². The van der Waals surface area contributed by atoms with Gasteiger partial charge in [-0.15, -0.1) is 0 Å². The maximum Gasteiger partial charge on any atom is 0.319 e. The van der Waals surface area contributed by atoms with Crippen molar-refractivity contribution in [1.29, 1.82) is 0 Å². The summed E-state index contributed by atoms with van der Waals surface area (Å²) in [5.41, 5.74) is 3.00. The lowest BCUT2D eigenvalue weighted by molar-refractivity contribution is 0.148. The third-order valence-electron chi connectivity index (χ3n) is 3.31. The second kappa shape index (κ2) is 6.45. The molecule has 112 valence electrons. The van der Waals surface area contributed by atoms with Crippen LogP contribution in [0.1, 0.15) is 28.8 Å². The maximum atomic E-state index is 11.8. The molecule has 0 aliphatic carbocycles. The number of carbonyl (C=O) groups is 1. The third-order valence-corrected chi connectivity index (χ3v) is 3.31. The Bertz CT molecular complexity index is 634. The highest BCUT2D eigenvalue weighted by Gasteiger charge is 2.13. The molecular weight excluding hydrogens is 268 g/mol. The largest absolute Gasteiger partial charge is 0.464 e. The van der Waals surface area contributed by atoms with E-state index in [9.17, 15) is 9.90 Å². The number of hydrogen-bond donors (Lipinski definition) is 3. The van der Waals surface area contributed by atoms with Crippen molar-refractivity contribution in [3.05, 3.63) is 53.0 Å². The van der Waals surface area contributed by atoms with Gasteiger partial charge >= 0.3 is 6.03 Å². The van der Waals surface area contributed by atoms with E-state index in [1.165, 1.54) is 5.56 Å². The first-order valence-electron chi connectivity index (χ1n) is 6.82. The van der Waals surface area contributed by atoms with Crippen molar-refractivity contribution in [1.82, 2.24) is 5.32 Å². The molecule has 0 fully saturated rings. The molecule has 2 aromatic rings. The summed E-state index contributed by atoms with van der Waals surface area (Å²) < 4.78 is 5.30. The topological polar surface area (TPSA) is 74.5 Å². The number of amides is 2. The summed E-state index contributed by atoms with van der Waals surface area (Å²) in [6.07, 6.45) is -0.857. The summed E-state index contributed by atoms with van der Waals surface area (Å²) in [4.78, 5) is 11.8. The Morgan fingerprint density at radius 3 is 2.57 bits per heavy atom. The number of hydrogen-bond acceptors (Lipinski definition) is 3. The first-order valence-corrected chi connectivity index (χ1v) is 6.82. The zero-order valence-electron chi connectivity index (χ0n) is 12.4. The molecule has 1 aromatic heterocycles. The van der Waals surface area contributed by atoms with E-state index >= 15 is 0 Å². The second-order valence-corrected chi connectivity index (χ2v) is 5.10. The average molecular weight is 288 g/mol. The molecule has 5 nitrogen and oxygen atoms in total. The first kappa shape index (κ1) is 15.1. The molecule has 2 rings (SSSR count). The molecule has 0 unspecified atom stereocenters. The van der Waals surface area contributed by atoms with Gasteiger partial charge in [0.1, 0.15) is 17.6 Å². The van der Waals surface area contributed by atoms with Crippen LogP contribution >= 0.6 is 0 Å². The van der Waals surface area contributed by atoms with Crippen LogP contribution in [0.25, 0.3) is 0 Å². The van der Waals surface area contributed by atoms with Crippen molar-refractivity contribution in [2.75, 3.05) is 11.9 Å². The van der Waals surface area contributed by atoms with E-state index in [0.29, 0.717) is 5.76 Å². The van der Waals surface area contributed by atoms with Crippen LogP contribution in [0.5, 0.6) is 0 Å². The zero-order chi connectivity index (χ0) is 15.4. The summed E-state index contributed by atoms with van der Waals surface area (Å²) in [6, 6.07) is 8.80. The highest BCUT2D eigenvalue weighted by Crippen LogP contribution is 2.16. The lowest BCUT2D eigenvalue weighted by Crippen LogP contribution is -2.32. The Balaban J connectivity index is 1.85. The molecule has 1 aromatic carbocycles. The van der Waals surface area contributed by atoms with Crippen molar-refractivity contribution in [2.45, 2.75) is 26.9 Å². The first-order chi connectivity index (χ1) is 9.95. The molecule has 5 heteroatoms. The zero-order valence-corrected chi connectivity index (χ0v) is 12.4. The van der Waals surface area contributed by atoms with Gasteiger partial charge in [-0.1, -0.05) is 6.07 Å². The van der Waals surface area contributed by atoms with E-state index in [4.69, 9.17) is 4.42 Å². The van der Waals surface area contributed by atoms with E-state index < -0.39 is 6.10 Å². The normalized spacial score (nSPS) is 12.0. The molecule has 0 aliphatic rings. The quantitative estimate of drug-likeness (QED) is 0.809. The lowest BCUT2D eigenvalue weighted by Gasteiger charge is -2.11. The number of urea groups is 1. The van der Waals surface area contributed by atoms with E-state index in [1.807, 2.05) is 32.0 Å². The molecular formula is C16H20N2O3. The number of nitrogens with one attached hydrogen (secondary N) is 2. The molecule has 1 heterocycles. The number of carbonyl (C=O) groups excluding carboxylic acids is 1. The molecule has 1 atom stereocenters. The van der Waals surface area contributed by atoms with Gasteiger partial charge in [-0.3, -0.25) is 0 Å². The second-order valence-electron chi connectivity index (χ2n) is 5.10. The number of aryl methyl sites for hydroxylation is 3. The van der Waals surface area contributed by atoms with Crippen LogP contribution in [-0.2, 0) is 0 Å². The SMILES string of the molecule is Cc1ccc([C@@H](O)CNC(=O)Nc2ccc(C)c(C)c2)o1. The third kappa shape index (κ3) is 4.10. The van der Waals surface area contributed by atoms with Crippen molar-refractivity contribution >= 4 is 11.7 Å². The van der Waals surface area contributed by atoms with Crippen LogP contribution in [0, 0.1) is 20.8 Å². The average Bonchev–Trinajstić information content (AvgIpc) is 2.87. The fourth-order valence-electron chi connectivity index (χ4n) is 1.92. The van der Waals surface area contributed by atoms with Crippen LogP contribution in [0.4, 0.5) is 10.5 Å².